The van der Waals surface area contributed by atoms with Crippen LogP contribution in [0.1, 0.15) is 58.7 Å². The van der Waals surface area contributed by atoms with E-state index in [-0.39, 0.29) is 5.91 Å². The number of nitrogens with two attached hydrogens (primary N) is 1. The van der Waals surface area contributed by atoms with Crippen molar-refractivity contribution in [1.29, 1.82) is 0 Å². The minimum absolute atomic E-state index is 0.121. The van der Waals surface area contributed by atoms with E-state index in [0.29, 0.717) is 30.5 Å². The fourth-order valence-corrected chi connectivity index (χ4v) is 2.71. The number of amides is 1. The maximum absolute atomic E-state index is 12.1. The van der Waals surface area contributed by atoms with Crippen molar-refractivity contribution in [2.75, 3.05) is 20.1 Å². The Kier molecular flexibility index (Phi) is 10.6. The number of hydrogen-bond donors (Lipinski definition) is 1. The maximum atomic E-state index is 12.1. The minimum atomic E-state index is -0.121. The lowest BCUT2D eigenvalue weighted by atomic mass is 10.1. The zero-order chi connectivity index (χ0) is 20.1. The molecule has 2 rings (SSSR count). The van der Waals surface area contributed by atoms with Crippen LogP contribution in [0.2, 0.25) is 0 Å². The summed E-state index contributed by atoms with van der Waals surface area (Å²) in [7, 11) is 1.74. The lowest BCUT2D eigenvalue weighted by molar-refractivity contribution is 0.0790. The third-order valence-corrected chi connectivity index (χ3v) is 4.31. The van der Waals surface area contributed by atoms with E-state index in [0.717, 1.165) is 25.7 Å². The van der Waals surface area contributed by atoms with Gasteiger partial charge >= 0.3 is 0 Å². The van der Waals surface area contributed by atoms with Crippen LogP contribution in [0.15, 0.2) is 42.6 Å². The Morgan fingerprint density at radius 3 is 2.44 bits per heavy atom. The van der Waals surface area contributed by atoms with Gasteiger partial charge < -0.3 is 10.6 Å². The summed E-state index contributed by atoms with van der Waals surface area (Å²) in [4.78, 5) is 28.8. The number of pyridine rings is 1. The van der Waals surface area contributed by atoms with E-state index in [1.807, 2.05) is 12.3 Å². The number of aryl methyl sites for hydroxylation is 2. The molecule has 2 N–H and O–H groups in total. The highest BCUT2D eigenvalue weighted by Gasteiger charge is 2.14. The zero-order valence-electron chi connectivity index (χ0n) is 16.6. The summed E-state index contributed by atoms with van der Waals surface area (Å²) in [5.74, 6) is -0.121. The average Bonchev–Trinajstić information content (AvgIpc) is 2.73. The molecular weight excluding hydrogens is 338 g/mol. The molecular formula is C22H31N3O2. The molecule has 0 saturated heterocycles. The van der Waals surface area contributed by atoms with Gasteiger partial charge in [-0.3, -0.25) is 14.6 Å². The Labute approximate surface area is 162 Å². The lowest BCUT2D eigenvalue weighted by Crippen LogP contribution is -2.28. The van der Waals surface area contributed by atoms with Gasteiger partial charge in [0.1, 0.15) is 0 Å². The van der Waals surface area contributed by atoms with E-state index in [4.69, 9.17) is 5.73 Å². The largest absolute Gasteiger partial charge is 0.342 e. The van der Waals surface area contributed by atoms with E-state index < -0.39 is 0 Å². The number of benzene rings is 1. The second kappa shape index (κ2) is 12.8. The van der Waals surface area contributed by atoms with E-state index in [9.17, 15) is 9.59 Å². The molecule has 1 heterocycles. The fourth-order valence-electron chi connectivity index (χ4n) is 2.71. The van der Waals surface area contributed by atoms with Gasteiger partial charge in [0, 0.05) is 31.0 Å². The highest BCUT2D eigenvalue weighted by Crippen LogP contribution is 2.09. The molecule has 146 valence electrons. The van der Waals surface area contributed by atoms with Crippen molar-refractivity contribution in [2.24, 2.45) is 5.73 Å². The normalized spacial score (nSPS) is 9.93. The van der Waals surface area contributed by atoms with Crippen LogP contribution in [-0.2, 0) is 12.8 Å². The van der Waals surface area contributed by atoms with Gasteiger partial charge in [-0.05, 0) is 49.9 Å². The summed E-state index contributed by atoms with van der Waals surface area (Å²) in [6.07, 6.45) is 6.48. The van der Waals surface area contributed by atoms with Crippen molar-refractivity contribution >= 4 is 12.2 Å². The summed E-state index contributed by atoms with van der Waals surface area (Å²) in [5.41, 5.74) is 8.91. The maximum Gasteiger partial charge on any atom is 0.254 e. The van der Waals surface area contributed by atoms with Gasteiger partial charge in [0.05, 0.1) is 5.56 Å². The third kappa shape index (κ3) is 7.31. The number of hydrogen-bond acceptors (Lipinski definition) is 4. The zero-order valence-corrected chi connectivity index (χ0v) is 16.6. The van der Waals surface area contributed by atoms with E-state index in [2.05, 4.69) is 24.9 Å². The molecule has 1 amide bonds. The number of aromatic nitrogens is 1. The third-order valence-electron chi connectivity index (χ3n) is 4.31. The van der Waals surface area contributed by atoms with Gasteiger partial charge in [0.15, 0.2) is 6.29 Å². The predicted octanol–water partition coefficient (Wildman–Crippen LogP) is 3.52. The highest BCUT2D eigenvalue weighted by molar-refractivity contribution is 6.01. The van der Waals surface area contributed by atoms with Crippen LogP contribution in [0.5, 0.6) is 0 Å². The lowest BCUT2D eigenvalue weighted by Gasteiger charge is -2.17. The van der Waals surface area contributed by atoms with E-state index in [1.54, 1.807) is 36.2 Å². The first-order valence-corrected chi connectivity index (χ1v) is 9.51. The molecule has 0 fully saturated rings. The standard InChI is InChI=1S/C13H18N2O2.C9H13N/c1-15(9-5-4-8-14)13(17)12-7-3-2-6-11(12)10-16;1-3-8-6-5-7-10-9(8)4-2/h2-3,6-7,10H,4-5,8-9,14H2,1H3;5-7H,3-4H2,1-2H3. The number of carbonyl (C=O) groups is 2. The fraction of sp³-hybridized carbons (Fsp3) is 0.409. The first-order valence-electron chi connectivity index (χ1n) is 9.51. The highest BCUT2D eigenvalue weighted by atomic mass is 16.2. The van der Waals surface area contributed by atoms with Gasteiger partial charge in [-0.1, -0.05) is 38.1 Å². The molecule has 1 aromatic heterocycles. The van der Waals surface area contributed by atoms with Crippen LogP contribution >= 0.6 is 0 Å². The second-order valence-corrected chi connectivity index (χ2v) is 6.24. The minimum Gasteiger partial charge on any atom is -0.342 e. The van der Waals surface area contributed by atoms with Crippen molar-refractivity contribution in [3.63, 3.8) is 0 Å². The Balaban J connectivity index is 0.000000309. The SMILES string of the molecule is CCc1cccnc1CC.CN(CCCCN)C(=O)c1ccccc1C=O. The Hall–Kier alpha value is -2.53. The molecule has 5 heteroatoms. The molecule has 0 aliphatic rings. The topological polar surface area (TPSA) is 76.3 Å². The molecule has 5 nitrogen and oxygen atoms in total. The quantitative estimate of drug-likeness (QED) is 0.570. The molecule has 0 radical (unpaired) electrons. The molecule has 0 spiro atoms. The summed E-state index contributed by atoms with van der Waals surface area (Å²) in [6, 6.07) is 11.0. The van der Waals surface area contributed by atoms with Crippen LogP contribution in [-0.4, -0.2) is 42.2 Å². The van der Waals surface area contributed by atoms with Gasteiger partial charge in [0.2, 0.25) is 0 Å². The van der Waals surface area contributed by atoms with Gasteiger partial charge in [-0.15, -0.1) is 0 Å². The molecule has 0 atom stereocenters. The number of nitrogens with zero attached hydrogens (tertiary/aromatic N) is 2. The van der Waals surface area contributed by atoms with Crippen LogP contribution in [0, 0.1) is 0 Å². The number of unbranched alkanes of at least 4 members (excludes halogenated alkanes) is 1. The van der Waals surface area contributed by atoms with Crippen LogP contribution < -0.4 is 5.73 Å². The number of aldehydes is 1. The van der Waals surface area contributed by atoms with Crippen LogP contribution in [0.25, 0.3) is 0 Å². The van der Waals surface area contributed by atoms with Crippen molar-refractivity contribution in [3.8, 4) is 0 Å². The molecule has 0 aliphatic heterocycles. The first kappa shape index (κ1) is 22.5. The van der Waals surface area contributed by atoms with Crippen LogP contribution in [0.4, 0.5) is 0 Å². The second-order valence-electron chi connectivity index (χ2n) is 6.24. The van der Waals surface area contributed by atoms with E-state index >= 15 is 0 Å². The van der Waals surface area contributed by atoms with Crippen molar-refractivity contribution < 1.29 is 9.59 Å². The monoisotopic (exact) mass is 369 g/mol. The van der Waals surface area contributed by atoms with E-state index in [1.165, 1.54) is 11.3 Å². The van der Waals surface area contributed by atoms with Crippen LogP contribution in [0.3, 0.4) is 0 Å². The first-order chi connectivity index (χ1) is 13.1. The Morgan fingerprint density at radius 2 is 1.85 bits per heavy atom. The molecule has 0 unspecified atom stereocenters. The molecule has 2 aromatic rings. The molecule has 0 bridgehead atoms. The van der Waals surface area contributed by atoms with Crippen molar-refractivity contribution in [3.05, 3.63) is 65.0 Å². The summed E-state index contributed by atoms with van der Waals surface area (Å²) in [6.45, 7) is 5.59. The average molecular weight is 370 g/mol. The predicted molar refractivity (Wildman–Crippen MR) is 110 cm³/mol. The van der Waals surface area contributed by atoms with Gasteiger partial charge in [0.25, 0.3) is 5.91 Å². The Bertz CT molecular complexity index is 693. The Morgan fingerprint density at radius 1 is 1.11 bits per heavy atom. The van der Waals surface area contributed by atoms with Crippen molar-refractivity contribution in [2.45, 2.75) is 39.5 Å². The number of carbonyl (C=O) groups excluding carboxylic acids is 2. The smallest absolute Gasteiger partial charge is 0.254 e. The molecule has 0 saturated carbocycles. The number of rotatable bonds is 8. The van der Waals surface area contributed by atoms with Crippen molar-refractivity contribution in [1.82, 2.24) is 9.88 Å². The van der Waals surface area contributed by atoms with Gasteiger partial charge in [-0.25, -0.2) is 0 Å². The molecule has 27 heavy (non-hydrogen) atoms. The molecule has 0 aliphatic carbocycles. The molecule has 1 aromatic carbocycles. The van der Waals surface area contributed by atoms with Gasteiger partial charge in [-0.2, -0.15) is 0 Å². The summed E-state index contributed by atoms with van der Waals surface area (Å²) in [5, 5.41) is 0. The summed E-state index contributed by atoms with van der Waals surface area (Å²) < 4.78 is 0. The summed E-state index contributed by atoms with van der Waals surface area (Å²) >= 11 is 0.